The predicted octanol–water partition coefficient (Wildman–Crippen LogP) is 10.3. The van der Waals surface area contributed by atoms with Crippen molar-refractivity contribution in [3.05, 3.63) is 144 Å². The van der Waals surface area contributed by atoms with E-state index in [9.17, 15) is 0 Å². The maximum absolute atomic E-state index is 6.77. The van der Waals surface area contributed by atoms with Gasteiger partial charge in [-0.1, -0.05) is 54.2 Å². The van der Waals surface area contributed by atoms with Gasteiger partial charge in [0.05, 0.1) is 0 Å². The summed E-state index contributed by atoms with van der Waals surface area (Å²) in [6.07, 6.45) is 0. The van der Waals surface area contributed by atoms with Gasteiger partial charge in [0.15, 0.2) is 0 Å². The quantitative estimate of drug-likeness (QED) is 0.0737. The average Bonchev–Trinajstić information content (AvgIpc) is 3.19. The summed E-state index contributed by atoms with van der Waals surface area (Å²) in [5.74, 6) is 18.0. The molecule has 0 atom stereocenters. The van der Waals surface area contributed by atoms with Crippen molar-refractivity contribution in [1.82, 2.24) is 0 Å². The van der Waals surface area contributed by atoms with Crippen LogP contribution in [0, 0.1) is 35.5 Å². The Balaban J connectivity index is 1.36. The Labute approximate surface area is 334 Å². The van der Waals surface area contributed by atoms with Gasteiger partial charge in [-0.15, -0.1) is 17.8 Å². The number of hydrogen-bond donors (Lipinski definition) is 6. The molecular weight excluding hydrogens is 697 g/mol. The van der Waals surface area contributed by atoms with Gasteiger partial charge in [-0.05, 0) is 162 Å². The predicted molar refractivity (Wildman–Crippen MR) is 243 cm³/mol. The van der Waals surface area contributed by atoms with Crippen molar-refractivity contribution in [2.24, 2.45) is 0 Å². The third kappa shape index (κ3) is 7.69. The van der Waals surface area contributed by atoms with Crippen LogP contribution in [0.25, 0.3) is 66.8 Å². The molecule has 6 heteroatoms. The fourth-order valence-corrected chi connectivity index (χ4v) is 7.28. The van der Waals surface area contributed by atoms with E-state index in [2.05, 4.69) is 53.7 Å². The topological polar surface area (TPSA) is 156 Å². The molecule has 0 bridgehead atoms. The van der Waals surface area contributed by atoms with Crippen LogP contribution in [0.4, 0.5) is 34.1 Å². The lowest BCUT2D eigenvalue weighted by molar-refractivity contribution is 1.53. The summed E-state index contributed by atoms with van der Waals surface area (Å²) in [6, 6.07) is 41.7. The Kier molecular flexibility index (Phi) is 10.3. The molecule has 0 aliphatic carbocycles. The van der Waals surface area contributed by atoms with Gasteiger partial charge in [-0.3, -0.25) is 0 Å². The molecule has 7 aromatic carbocycles. The van der Waals surface area contributed by atoms with E-state index in [1.165, 1.54) is 0 Å². The van der Waals surface area contributed by atoms with Crippen LogP contribution in [-0.2, 0) is 0 Å². The van der Waals surface area contributed by atoms with Gasteiger partial charge in [0, 0.05) is 67.5 Å². The summed E-state index contributed by atoms with van der Waals surface area (Å²) >= 11 is 0. The minimum Gasteiger partial charge on any atom is -0.398 e. The molecule has 0 unspecified atom stereocenters. The molecule has 0 amide bonds. The molecule has 12 N–H and O–H groups in total. The summed E-state index contributed by atoms with van der Waals surface area (Å²) in [5.41, 5.74) is 56.9. The van der Waals surface area contributed by atoms with Crippen molar-refractivity contribution in [2.75, 3.05) is 34.4 Å². The zero-order valence-electron chi connectivity index (χ0n) is 32.1. The molecule has 6 nitrogen and oxygen atoms in total. The summed E-state index contributed by atoms with van der Waals surface area (Å²) in [7, 11) is 0. The van der Waals surface area contributed by atoms with Crippen LogP contribution in [0.5, 0.6) is 0 Å². The molecule has 0 radical (unpaired) electrons. The molecule has 0 aromatic heterocycles. The highest BCUT2D eigenvalue weighted by Crippen LogP contribution is 2.43. The molecule has 7 aromatic rings. The van der Waals surface area contributed by atoms with E-state index < -0.39 is 0 Å². The van der Waals surface area contributed by atoms with Crippen molar-refractivity contribution in [3.8, 4) is 102 Å². The summed E-state index contributed by atoms with van der Waals surface area (Å²) < 4.78 is 0. The molecule has 57 heavy (non-hydrogen) atoms. The number of anilines is 6. The summed E-state index contributed by atoms with van der Waals surface area (Å²) in [6.45, 7) is 5.44. The molecular formula is C51H42N6. The van der Waals surface area contributed by atoms with Crippen LogP contribution in [0.3, 0.4) is 0 Å². The van der Waals surface area contributed by atoms with Crippen LogP contribution in [0.1, 0.15) is 37.5 Å². The second kappa shape index (κ2) is 15.8. The van der Waals surface area contributed by atoms with E-state index in [4.69, 9.17) is 34.4 Å². The van der Waals surface area contributed by atoms with Crippen molar-refractivity contribution < 1.29 is 0 Å². The SMILES string of the molecule is CC#Cc1ccc(-c2c(N)cc(-c3cc(-c4cc(N)c(-c5ccc(C#CC)cc5)c(N)c4)cc(-c4cc(N)c(-c5ccc(C#CC)cc5)c(N)c4)c3)cc2N)cc1. The van der Waals surface area contributed by atoms with E-state index in [-0.39, 0.29) is 0 Å². The van der Waals surface area contributed by atoms with E-state index in [0.717, 1.165) is 83.5 Å². The number of hydrogen-bond acceptors (Lipinski definition) is 6. The van der Waals surface area contributed by atoms with Crippen LogP contribution in [-0.4, -0.2) is 0 Å². The lowest BCUT2D eigenvalue weighted by Crippen LogP contribution is -2.00. The lowest BCUT2D eigenvalue weighted by atomic mass is 9.89. The molecule has 7 rings (SSSR count). The molecule has 276 valence electrons. The summed E-state index contributed by atoms with van der Waals surface area (Å²) in [4.78, 5) is 0. The van der Waals surface area contributed by atoms with Crippen LogP contribution >= 0.6 is 0 Å². The Morgan fingerprint density at radius 2 is 0.456 bits per heavy atom. The first-order valence-corrected chi connectivity index (χ1v) is 18.4. The number of nitrogen functional groups attached to an aromatic ring is 6. The average molecular weight is 739 g/mol. The van der Waals surface area contributed by atoms with Gasteiger partial charge in [0.2, 0.25) is 0 Å². The van der Waals surface area contributed by atoms with E-state index >= 15 is 0 Å². The van der Waals surface area contributed by atoms with Crippen molar-refractivity contribution in [1.29, 1.82) is 0 Å². The highest BCUT2D eigenvalue weighted by atomic mass is 14.6. The smallest absolute Gasteiger partial charge is 0.0420 e. The molecule has 0 heterocycles. The molecule has 0 saturated heterocycles. The van der Waals surface area contributed by atoms with Crippen molar-refractivity contribution in [2.45, 2.75) is 20.8 Å². The maximum atomic E-state index is 6.77. The minimum absolute atomic E-state index is 0.550. The Hall–Kier alpha value is -7.98. The first-order valence-electron chi connectivity index (χ1n) is 18.4. The third-order valence-electron chi connectivity index (χ3n) is 9.86. The van der Waals surface area contributed by atoms with Crippen LogP contribution in [0.2, 0.25) is 0 Å². The highest BCUT2D eigenvalue weighted by Gasteiger charge is 2.17. The van der Waals surface area contributed by atoms with Gasteiger partial charge < -0.3 is 34.4 Å². The highest BCUT2D eigenvalue weighted by molar-refractivity contribution is 5.96. The van der Waals surface area contributed by atoms with Crippen molar-refractivity contribution >= 4 is 34.1 Å². The third-order valence-corrected chi connectivity index (χ3v) is 9.86. The molecule has 0 spiro atoms. The maximum Gasteiger partial charge on any atom is 0.0420 e. The van der Waals surface area contributed by atoms with Gasteiger partial charge in [-0.2, -0.15) is 0 Å². The summed E-state index contributed by atoms with van der Waals surface area (Å²) in [5, 5.41) is 0. The van der Waals surface area contributed by atoms with E-state index in [1.54, 1.807) is 0 Å². The van der Waals surface area contributed by atoms with E-state index in [0.29, 0.717) is 34.1 Å². The second-order valence-corrected chi connectivity index (χ2v) is 13.7. The van der Waals surface area contributed by atoms with Gasteiger partial charge in [0.1, 0.15) is 0 Å². The fraction of sp³-hybridized carbons (Fsp3) is 0.0588. The minimum atomic E-state index is 0.550. The largest absolute Gasteiger partial charge is 0.398 e. The standard InChI is InChI=1S/C51H42N6/c1-4-7-31-10-16-34(17-11-31)49-43(52)25-40(26-44(49)53)37-22-38(41-27-45(54)50(46(55)28-41)35-18-12-32(8-5-2)13-19-35)24-39(23-37)42-29-47(56)51(48(57)30-42)36-20-14-33(9-6-3)15-21-36/h10-30H,52-57H2,1-3H3. The van der Waals surface area contributed by atoms with Gasteiger partial charge in [0.25, 0.3) is 0 Å². The van der Waals surface area contributed by atoms with Gasteiger partial charge >= 0.3 is 0 Å². The van der Waals surface area contributed by atoms with Crippen molar-refractivity contribution in [3.63, 3.8) is 0 Å². The zero-order chi connectivity index (χ0) is 40.2. The Bertz CT molecular complexity index is 2470. The zero-order valence-corrected chi connectivity index (χ0v) is 32.1. The van der Waals surface area contributed by atoms with Crippen LogP contribution < -0.4 is 34.4 Å². The second-order valence-electron chi connectivity index (χ2n) is 13.7. The first kappa shape index (κ1) is 37.3. The van der Waals surface area contributed by atoms with Gasteiger partial charge in [-0.25, -0.2) is 0 Å². The number of nitrogens with two attached hydrogens (primary N) is 6. The first-order chi connectivity index (χ1) is 27.6. The van der Waals surface area contributed by atoms with Crippen LogP contribution in [0.15, 0.2) is 127 Å². The Morgan fingerprint density at radius 1 is 0.263 bits per heavy atom. The molecule has 0 saturated carbocycles. The number of rotatable bonds is 6. The molecule has 0 aliphatic heterocycles. The molecule has 0 fully saturated rings. The normalized spacial score (nSPS) is 10.4. The number of benzene rings is 7. The molecule has 0 aliphatic rings. The monoisotopic (exact) mass is 738 g/mol. The Morgan fingerprint density at radius 3 is 0.649 bits per heavy atom. The van der Waals surface area contributed by atoms with E-state index in [1.807, 2.05) is 130 Å². The fourth-order valence-electron chi connectivity index (χ4n) is 7.28. The lowest BCUT2D eigenvalue weighted by Gasteiger charge is -2.18.